The van der Waals surface area contributed by atoms with Crippen molar-refractivity contribution in [3.63, 3.8) is 0 Å². The third-order valence-corrected chi connectivity index (χ3v) is 4.63. The summed E-state index contributed by atoms with van der Waals surface area (Å²) in [7, 11) is 0. The molecule has 5 atom stereocenters. The van der Waals surface area contributed by atoms with Gasteiger partial charge < -0.3 is 29.0 Å². The first-order valence-corrected chi connectivity index (χ1v) is 10.5. The van der Waals surface area contributed by atoms with E-state index in [0.717, 1.165) is 29.9 Å². The Hall–Kier alpha value is -2.84. The van der Waals surface area contributed by atoms with Gasteiger partial charge in [0.25, 0.3) is 5.24 Å². The van der Waals surface area contributed by atoms with Gasteiger partial charge in [-0.15, -0.1) is 0 Å². The Bertz CT molecular complexity index is 776. The molecule has 0 spiro atoms. The zero-order valence-electron chi connectivity index (χ0n) is 18.0. The van der Waals surface area contributed by atoms with Crippen molar-refractivity contribution < 1.29 is 42.9 Å². The fraction of sp³-hybridized carbons (Fsp3) is 0.611. The minimum Gasteiger partial charge on any atom is -0.463 e. The number of nitrogens with two attached hydrogens (primary N) is 1. The van der Waals surface area contributed by atoms with Gasteiger partial charge in [0, 0.05) is 20.0 Å². The Labute approximate surface area is 188 Å². The number of hydrogen-bond donors (Lipinski definition) is 2. The van der Waals surface area contributed by atoms with E-state index in [9.17, 15) is 19.2 Å². The Balaban J connectivity index is 2.40. The largest absolute Gasteiger partial charge is 0.509 e. The minimum absolute atomic E-state index is 0.323. The van der Waals surface area contributed by atoms with Crippen molar-refractivity contribution >= 4 is 41.4 Å². The molecule has 0 aliphatic carbocycles. The molecule has 2 heterocycles. The summed E-state index contributed by atoms with van der Waals surface area (Å²) in [6, 6.07) is 0. The number of nitrogens with zero attached hydrogens (tertiary/aromatic N) is 2. The summed E-state index contributed by atoms with van der Waals surface area (Å²) in [5.74, 6) is -1.31. The highest BCUT2D eigenvalue weighted by molar-refractivity contribution is 8.16. The lowest BCUT2D eigenvalue weighted by Crippen LogP contribution is -2.49. The molecule has 1 unspecified atom stereocenters. The number of carbonyl (C=O) groups is 4. The maximum absolute atomic E-state index is 12.8. The van der Waals surface area contributed by atoms with E-state index in [0.29, 0.717) is 0 Å². The number of nitrogens with one attached hydrogen (secondary N) is 1. The van der Waals surface area contributed by atoms with E-state index in [-0.39, 0.29) is 6.61 Å². The molecule has 0 bridgehead atoms. The van der Waals surface area contributed by atoms with Crippen molar-refractivity contribution in [3.8, 4) is 0 Å². The van der Waals surface area contributed by atoms with Crippen molar-refractivity contribution in [2.24, 2.45) is 10.7 Å². The van der Waals surface area contributed by atoms with Crippen molar-refractivity contribution in [1.29, 1.82) is 0 Å². The Kier molecular flexibility index (Phi) is 9.28. The van der Waals surface area contributed by atoms with E-state index in [1.54, 1.807) is 13.8 Å². The summed E-state index contributed by atoms with van der Waals surface area (Å²) in [4.78, 5) is 53.1. The van der Waals surface area contributed by atoms with Crippen LogP contribution in [0.25, 0.3) is 0 Å². The molecule has 0 aromatic rings. The highest BCUT2D eigenvalue weighted by Gasteiger charge is 2.53. The van der Waals surface area contributed by atoms with Crippen LogP contribution in [0.1, 0.15) is 27.7 Å². The summed E-state index contributed by atoms with van der Waals surface area (Å²) < 4.78 is 26.5. The van der Waals surface area contributed by atoms with Crippen LogP contribution in [0.4, 0.5) is 9.59 Å². The first-order chi connectivity index (χ1) is 15.1. The van der Waals surface area contributed by atoms with Crippen LogP contribution in [0, 0.1) is 0 Å². The van der Waals surface area contributed by atoms with Gasteiger partial charge >= 0.3 is 18.1 Å². The van der Waals surface area contributed by atoms with Gasteiger partial charge in [0.15, 0.2) is 24.7 Å². The molecule has 0 aromatic carbocycles. The van der Waals surface area contributed by atoms with Crippen molar-refractivity contribution in [3.05, 3.63) is 11.6 Å². The van der Waals surface area contributed by atoms with Gasteiger partial charge in [-0.3, -0.25) is 25.0 Å². The molecule has 1 fully saturated rings. The summed E-state index contributed by atoms with van der Waals surface area (Å²) in [5.41, 5.74) is 5.77. The van der Waals surface area contributed by atoms with Gasteiger partial charge in [0.1, 0.15) is 12.7 Å². The summed E-state index contributed by atoms with van der Waals surface area (Å²) in [5, 5.41) is 3.62. The number of amides is 1. The second-order valence-electron chi connectivity index (χ2n) is 6.91. The van der Waals surface area contributed by atoms with Crippen LogP contribution < -0.4 is 11.1 Å². The van der Waals surface area contributed by atoms with Gasteiger partial charge in [-0.25, -0.2) is 9.79 Å². The van der Waals surface area contributed by atoms with Crippen molar-refractivity contribution in [2.75, 3.05) is 6.61 Å². The molecule has 32 heavy (non-hydrogen) atoms. The lowest BCUT2D eigenvalue weighted by atomic mass is 10.1. The Morgan fingerprint density at radius 2 is 1.97 bits per heavy atom. The van der Waals surface area contributed by atoms with E-state index >= 15 is 0 Å². The quantitative estimate of drug-likeness (QED) is 0.407. The summed E-state index contributed by atoms with van der Waals surface area (Å²) in [6.07, 6.45) is -4.74. The number of ether oxygens (including phenoxy) is 5. The van der Waals surface area contributed by atoms with Crippen LogP contribution in [0.2, 0.25) is 0 Å². The molecule has 0 saturated carbocycles. The number of carbonyl (C=O) groups excluding carboxylic acids is 4. The topological polar surface area (TPSA) is 168 Å². The molecule has 14 heteroatoms. The first kappa shape index (κ1) is 25.4. The predicted octanol–water partition coefficient (Wildman–Crippen LogP) is 0.637. The number of esters is 2. The van der Waals surface area contributed by atoms with Crippen LogP contribution in [-0.4, -0.2) is 78.1 Å². The highest BCUT2D eigenvalue weighted by atomic mass is 32.2. The maximum atomic E-state index is 12.8. The average Bonchev–Trinajstić information content (AvgIpc) is 3.02. The highest BCUT2D eigenvalue weighted by Crippen LogP contribution is 2.31. The summed E-state index contributed by atoms with van der Waals surface area (Å²) in [6.45, 7) is 5.25. The molecule has 3 N–H and O–H groups in total. The Morgan fingerprint density at radius 1 is 1.25 bits per heavy atom. The van der Waals surface area contributed by atoms with Crippen LogP contribution in [-0.2, 0) is 33.3 Å². The molecule has 0 aromatic heterocycles. The fourth-order valence-electron chi connectivity index (χ4n) is 2.75. The molecule has 0 radical (unpaired) electrons. The van der Waals surface area contributed by atoms with Crippen LogP contribution in [0.5, 0.6) is 0 Å². The zero-order valence-corrected chi connectivity index (χ0v) is 18.8. The molecule has 13 nitrogen and oxygen atoms in total. The number of aliphatic imine (C=N–C) groups is 1. The molecule has 1 amide bonds. The normalized spacial score (nSPS) is 28.8. The smallest absolute Gasteiger partial charge is 0.463 e. The third kappa shape index (κ3) is 7.39. The van der Waals surface area contributed by atoms with Gasteiger partial charge in [0.2, 0.25) is 0 Å². The fourth-order valence-corrected chi connectivity index (χ4v) is 3.29. The number of rotatable bonds is 6. The summed E-state index contributed by atoms with van der Waals surface area (Å²) >= 11 is 0.781. The van der Waals surface area contributed by atoms with Crippen LogP contribution in [0.3, 0.4) is 0 Å². The first-order valence-electron chi connectivity index (χ1n) is 9.60. The number of thioether (sulfide) groups is 1. The molecule has 2 aliphatic heterocycles. The second-order valence-corrected chi connectivity index (χ2v) is 7.77. The monoisotopic (exact) mass is 474 g/mol. The lowest BCUT2D eigenvalue weighted by Gasteiger charge is -2.28. The van der Waals surface area contributed by atoms with Crippen molar-refractivity contribution in [1.82, 2.24) is 10.2 Å². The molecule has 2 rings (SSSR count). The SMILES string of the molecule is CC(=O)OC[C@H]1O[C@@H](N2C=NC(N)N/C=C/SC2=O)[C@H](OC(=O)OC(C)C)[C@H]1OC(C)=O. The van der Waals surface area contributed by atoms with Gasteiger partial charge in [-0.2, -0.15) is 0 Å². The molecule has 178 valence electrons. The molecule has 2 aliphatic rings. The van der Waals surface area contributed by atoms with Crippen LogP contribution in [0.15, 0.2) is 16.6 Å². The molecular formula is C18H26N4O9S. The van der Waals surface area contributed by atoms with E-state index in [1.165, 1.54) is 18.5 Å². The van der Waals surface area contributed by atoms with Gasteiger partial charge in [-0.1, -0.05) is 0 Å². The maximum Gasteiger partial charge on any atom is 0.509 e. The van der Waals surface area contributed by atoms with Gasteiger partial charge in [-0.05, 0) is 31.0 Å². The van der Waals surface area contributed by atoms with Crippen LogP contribution >= 0.6 is 11.8 Å². The molecular weight excluding hydrogens is 448 g/mol. The number of hydrogen-bond acceptors (Lipinski definition) is 13. The average molecular weight is 474 g/mol. The van der Waals surface area contributed by atoms with E-state index in [1.807, 2.05) is 0 Å². The standard InChI is InChI=1S/C18H26N4O9S/c1-9(2)28-18(26)31-14-13(29-11(4)24)12(7-27-10(3)23)30-15(14)22-8-21-16(19)20-5-6-32-17(22)25/h5-6,8-9,12-16,20H,7,19H2,1-4H3/b6-5+,21-8?/t12-,13+,14-,15-,16?/m1/s1. The second kappa shape index (κ2) is 11.7. The lowest BCUT2D eigenvalue weighted by molar-refractivity contribution is -0.158. The zero-order chi connectivity index (χ0) is 23.8. The third-order valence-electron chi connectivity index (χ3n) is 3.94. The van der Waals surface area contributed by atoms with E-state index in [4.69, 9.17) is 29.4 Å². The predicted molar refractivity (Wildman–Crippen MR) is 111 cm³/mol. The van der Waals surface area contributed by atoms with Crippen molar-refractivity contribution in [2.45, 2.75) is 64.6 Å². The van der Waals surface area contributed by atoms with E-state index in [2.05, 4.69) is 10.3 Å². The van der Waals surface area contributed by atoms with E-state index < -0.39 is 60.3 Å². The van der Waals surface area contributed by atoms with Gasteiger partial charge in [0.05, 0.1) is 12.4 Å². The minimum atomic E-state index is -1.32. The Morgan fingerprint density at radius 3 is 2.59 bits per heavy atom. The molecule has 1 saturated heterocycles.